The molecular formula is C16H21NO2. The third-order valence-corrected chi connectivity index (χ3v) is 3.33. The van der Waals surface area contributed by atoms with E-state index in [1.54, 1.807) is 6.08 Å². The molecule has 102 valence electrons. The molecule has 0 saturated carbocycles. The minimum Gasteiger partial charge on any atom is -0.372 e. The molecule has 1 saturated heterocycles. The zero-order valence-corrected chi connectivity index (χ0v) is 11.8. The second kappa shape index (κ2) is 6.02. The van der Waals surface area contributed by atoms with Gasteiger partial charge in [-0.2, -0.15) is 0 Å². The van der Waals surface area contributed by atoms with E-state index in [9.17, 15) is 4.79 Å². The van der Waals surface area contributed by atoms with Gasteiger partial charge in [0, 0.05) is 19.2 Å². The maximum Gasteiger partial charge on any atom is 0.246 e. The zero-order chi connectivity index (χ0) is 13.8. The largest absolute Gasteiger partial charge is 0.372 e. The smallest absolute Gasteiger partial charge is 0.246 e. The summed E-state index contributed by atoms with van der Waals surface area (Å²) < 4.78 is 5.63. The molecule has 0 bridgehead atoms. The minimum atomic E-state index is 0.0604. The van der Waals surface area contributed by atoms with Gasteiger partial charge in [-0.3, -0.25) is 4.79 Å². The fourth-order valence-electron chi connectivity index (χ4n) is 2.40. The number of morpholine rings is 1. The van der Waals surface area contributed by atoms with E-state index in [1.165, 1.54) is 5.56 Å². The molecule has 1 aromatic carbocycles. The molecule has 1 aliphatic heterocycles. The highest BCUT2D eigenvalue weighted by Gasteiger charge is 2.24. The van der Waals surface area contributed by atoms with E-state index in [-0.39, 0.29) is 18.1 Å². The van der Waals surface area contributed by atoms with Crippen molar-refractivity contribution in [2.24, 2.45) is 0 Å². The average Bonchev–Trinajstić information content (AvgIpc) is 2.36. The maximum atomic E-state index is 12.2. The Morgan fingerprint density at radius 3 is 2.53 bits per heavy atom. The Morgan fingerprint density at radius 1 is 1.26 bits per heavy atom. The molecule has 0 N–H and O–H groups in total. The van der Waals surface area contributed by atoms with Gasteiger partial charge in [0.25, 0.3) is 0 Å². The molecule has 3 heteroatoms. The van der Waals surface area contributed by atoms with Crippen LogP contribution < -0.4 is 0 Å². The number of nitrogens with zero attached hydrogens (tertiary/aromatic N) is 1. The lowest BCUT2D eigenvalue weighted by molar-refractivity contribution is -0.137. The van der Waals surface area contributed by atoms with E-state index in [0.717, 1.165) is 5.56 Å². The van der Waals surface area contributed by atoms with Crippen LogP contribution in [0.3, 0.4) is 0 Å². The first-order chi connectivity index (χ1) is 9.06. The Kier molecular flexibility index (Phi) is 4.38. The van der Waals surface area contributed by atoms with Gasteiger partial charge in [-0.25, -0.2) is 0 Å². The summed E-state index contributed by atoms with van der Waals surface area (Å²) in [7, 11) is 0. The van der Waals surface area contributed by atoms with Crippen LogP contribution in [0.4, 0.5) is 0 Å². The summed E-state index contributed by atoms with van der Waals surface area (Å²) >= 11 is 0. The first-order valence-corrected chi connectivity index (χ1v) is 6.74. The second-order valence-electron chi connectivity index (χ2n) is 5.19. The Bertz CT molecular complexity index is 471. The van der Waals surface area contributed by atoms with Crippen LogP contribution in [0.2, 0.25) is 0 Å². The van der Waals surface area contributed by atoms with Crippen LogP contribution in [0.25, 0.3) is 6.08 Å². The van der Waals surface area contributed by atoms with Crippen LogP contribution in [0.5, 0.6) is 0 Å². The number of carbonyl (C=O) groups excluding carboxylic acids is 1. The second-order valence-corrected chi connectivity index (χ2v) is 5.19. The lowest BCUT2D eigenvalue weighted by Crippen LogP contribution is -2.47. The molecular weight excluding hydrogens is 238 g/mol. The SMILES string of the molecule is Cc1ccccc1/C=C/C(=O)N1CC(C)OC(C)C1. The highest BCUT2D eigenvalue weighted by Crippen LogP contribution is 2.13. The average molecular weight is 259 g/mol. The van der Waals surface area contributed by atoms with Crippen molar-refractivity contribution in [3.05, 3.63) is 41.5 Å². The fraction of sp³-hybridized carbons (Fsp3) is 0.438. The van der Waals surface area contributed by atoms with Crippen molar-refractivity contribution in [2.45, 2.75) is 33.0 Å². The third-order valence-electron chi connectivity index (χ3n) is 3.33. The Hall–Kier alpha value is -1.61. The van der Waals surface area contributed by atoms with E-state index >= 15 is 0 Å². The molecule has 2 atom stereocenters. The van der Waals surface area contributed by atoms with Crippen molar-refractivity contribution in [1.29, 1.82) is 0 Å². The number of hydrogen-bond acceptors (Lipinski definition) is 2. The summed E-state index contributed by atoms with van der Waals surface area (Å²) in [6, 6.07) is 8.04. The quantitative estimate of drug-likeness (QED) is 0.764. The fourth-order valence-corrected chi connectivity index (χ4v) is 2.40. The molecule has 19 heavy (non-hydrogen) atoms. The maximum absolute atomic E-state index is 12.2. The summed E-state index contributed by atoms with van der Waals surface area (Å²) in [5, 5.41) is 0. The van der Waals surface area contributed by atoms with Crippen molar-refractivity contribution in [1.82, 2.24) is 4.90 Å². The van der Waals surface area contributed by atoms with Crippen molar-refractivity contribution in [2.75, 3.05) is 13.1 Å². The molecule has 2 rings (SSSR count). The topological polar surface area (TPSA) is 29.5 Å². The van der Waals surface area contributed by atoms with Gasteiger partial charge in [-0.15, -0.1) is 0 Å². The molecule has 1 aliphatic rings. The lowest BCUT2D eigenvalue weighted by Gasteiger charge is -2.34. The van der Waals surface area contributed by atoms with Gasteiger partial charge >= 0.3 is 0 Å². The van der Waals surface area contributed by atoms with Crippen LogP contribution in [-0.2, 0) is 9.53 Å². The van der Waals surface area contributed by atoms with Gasteiger partial charge in [0.2, 0.25) is 5.91 Å². The zero-order valence-electron chi connectivity index (χ0n) is 11.8. The van der Waals surface area contributed by atoms with Gasteiger partial charge in [0.05, 0.1) is 12.2 Å². The number of ether oxygens (including phenoxy) is 1. The summed E-state index contributed by atoms with van der Waals surface area (Å²) in [4.78, 5) is 14.0. The highest BCUT2D eigenvalue weighted by molar-refractivity contribution is 5.92. The predicted octanol–water partition coefficient (Wildman–Crippen LogP) is 2.64. The number of aryl methyl sites for hydroxylation is 1. The molecule has 0 spiro atoms. The normalized spacial score (nSPS) is 23.8. The molecule has 1 aromatic rings. The standard InChI is InChI=1S/C16H21NO2/c1-12-6-4-5-7-15(12)8-9-16(18)17-10-13(2)19-14(3)11-17/h4-9,13-14H,10-11H2,1-3H3/b9-8+. The van der Waals surface area contributed by atoms with E-state index in [2.05, 4.69) is 0 Å². The Balaban J connectivity index is 2.03. The Morgan fingerprint density at radius 2 is 1.89 bits per heavy atom. The highest BCUT2D eigenvalue weighted by atomic mass is 16.5. The van der Waals surface area contributed by atoms with Crippen LogP contribution in [-0.4, -0.2) is 36.1 Å². The van der Waals surface area contributed by atoms with Crippen molar-refractivity contribution < 1.29 is 9.53 Å². The summed E-state index contributed by atoms with van der Waals surface area (Å²) in [5.41, 5.74) is 2.26. The molecule has 0 aliphatic carbocycles. The van der Waals surface area contributed by atoms with E-state index in [0.29, 0.717) is 13.1 Å². The van der Waals surface area contributed by atoms with Gasteiger partial charge in [-0.1, -0.05) is 24.3 Å². The number of hydrogen-bond donors (Lipinski definition) is 0. The molecule has 2 unspecified atom stereocenters. The van der Waals surface area contributed by atoms with Crippen molar-refractivity contribution in [3.8, 4) is 0 Å². The summed E-state index contributed by atoms with van der Waals surface area (Å²) in [6.45, 7) is 7.38. The molecule has 1 amide bonds. The van der Waals surface area contributed by atoms with Gasteiger partial charge in [0.15, 0.2) is 0 Å². The van der Waals surface area contributed by atoms with Crippen molar-refractivity contribution >= 4 is 12.0 Å². The van der Waals surface area contributed by atoms with Gasteiger partial charge in [-0.05, 0) is 38.0 Å². The first-order valence-electron chi connectivity index (χ1n) is 6.74. The molecule has 0 aromatic heterocycles. The van der Waals surface area contributed by atoms with Crippen LogP contribution in [0, 0.1) is 6.92 Å². The van der Waals surface area contributed by atoms with Crippen molar-refractivity contribution in [3.63, 3.8) is 0 Å². The molecule has 1 fully saturated rings. The van der Waals surface area contributed by atoms with E-state index < -0.39 is 0 Å². The number of rotatable bonds is 2. The first kappa shape index (κ1) is 13.8. The number of carbonyl (C=O) groups is 1. The number of amides is 1. The van der Waals surface area contributed by atoms with Crippen LogP contribution >= 0.6 is 0 Å². The molecule has 0 radical (unpaired) electrons. The minimum absolute atomic E-state index is 0.0604. The lowest BCUT2D eigenvalue weighted by atomic mass is 10.1. The molecule has 1 heterocycles. The summed E-state index contributed by atoms with van der Waals surface area (Å²) in [6.07, 6.45) is 3.77. The number of benzene rings is 1. The van der Waals surface area contributed by atoms with Crippen LogP contribution in [0.15, 0.2) is 30.3 Å². The van der Waals surface area contributed by atoms with Gasteiger partial charge < -0.3 is 9.64 Å². The third kappa shape index (κ3) is 3.67. The predicted molar refractivity (Wildman–Crippen MR) is 76.8 cm³/mol. The van der Waals surface area contributed by atoms with E-state index in [4.69, 9.17) is 4.74 Å². The van der Waals surface area contributed by atoms with Gasteiger partial charge in [0.1, 0.15) is 0 Å². The van der Waals surface area contributed by atoms with E-state index in [1.807, 2.05) is 56.0 Å². The summed E-state index contributed by atoms with van der Waals surface area (Å²) in [5.74, 6) is 0.0604. The Labute approximate surface area is 114 Å². The van der Waals surface area contributed by atoms with Crippen LogP contribution in [0.1, 0.15) is 25.0 Å². The molecule has 3 nitrogen and oxygen atoms in total. The monoisotopic (exact) mass is 259 g/mol.